The third-order valence-corrected chi connectivity index (χ3v) is 6.08. The van der Waals surface area contributed by atoms with Crippen LogP contribution >= 0.6 is 0 Å². The number of ether oxygens (including phenoxy) is 3. The second kappa shape index (κ2) is 14.4. The molecule has 0 aliphatic carbocycles. The Labute approximate surface area is 258 Å². The minimum Gasteiger partial charge on any atom is -0.427 e. The first-order valence-corrected chi connectivity index (χ1v) is 13.6. The number of carbonyl (C=O) groups excluding carboxylic acids is 6. The van der Waals surface area contributed by atoms with Gasteiger partial charge in [-0.05, 0) is 84.4 Å². The van der Waals surface area contributed by atoms with Gasteiger partial charge in [-0.1, -0.05) is 12.1 Å². The van der Waals surface area contributed by atoms with E-state index in [1.807, 2.05) is 0 Å². The zero-order valence-corrected chi connectivity index (χ0v) is 24.5. The minimum atomic E-state index is -0.588. The van der Waals surface area contributed by atoms with Gasteiger partial charge in [0.25, 0.3) is 11.8 Å². The predicted octanol–water partition coefficient (Wildman–Crippen LogP) is 5.39. The van der Waals surface area contributed by atoms with E-state index in [0.29, 0.717) is 34.2 Å². The van der Waals surface area contributed by atoms with Crippen molar-refractivity contribution in [2.45, 2.75) is 27.2 Å². The molecule has 2 amide bonds. The molecule has 0 saturated carbocycles. The Hall–Kier alpha value is -6.10. The van der Waals surface area contributed by atoms with Gasteiger partial charge in [-0.2, -0.15) is 0 Å². The number of carbonyl (C=O) groups is 6. The second-order valence-corrected chi connectivity index (χ2v) is 9.78. The maximum atomic E-state index is 13.4. The molecule has 0 saturated heterocycles. The van der Waals surface area contributed by atoms with E-state index in [4.69, 9.17) is 14.2 Å². The number of Topliss-reactive ketones (excluding diaryl/α,β-unsaturated/α-hetero) is 1. The van der Waals surface area contributed by atoms with Crippen LogP contribution in [0.4, 0.5) is 11.4 Å². The smallest absolute Gasteiger partial charge is 0.308 e. The third-order valence-electron chi connectivity index (χ3n) is 6.08. The first-order chi connectivity index (χ1) is 21.4. The number of hydrogen-bond acceptors (Lipinski definition) is 9. The summed E-state index contributed by atoms with van der Waals surface area (Å²) in [5, 5.41) is 5.42. The van der Waals surface area contributed by atoms with Crippen LogP contribution in [0.25, 0.3) is 0 Å². The second-order valence-electron chi connectivity index (χ2n) is 9.78. The van der Waals surface area contributed by atoms with E-state index in [1.165, 1.54) is 87.5 Å². The topological polar surface area (TPSA) is 154 Å². The Kier molecular flexibility index (Phi) is 10.2. The lowest BCUT2D eigenvalue weighted by molar-refractivity contribution is -0.132. The van der Waals surface area contributed by atoms with Crippen LogP contribution in [0.2, 0.25) is 0 Å². The number of esters is 3. The van der Waals surface area contributed by atoms with E-state index in [0.717, 1.165) is 0 Å². The van der Waals surface area contributed by atoms with E-state index >= 15 is 0 Å². The van der Waals surface area contributed by atoms with Crippen molar-refractivity contribution in [2.75, 3.05) is 10.6 Å². The number of amides is 2. The van der Waals surface area contributed by atoms with Crippen molar-refractivity contribution in [1.29, 1.82) is 0 Å². The van der Waals surface area contributed by atoms with Crippen LogP contribution in [0.5, 0.6) is 17.2 Å². The molecule has 0 radical (unpaired) electrons. The summed E-state index contributed by atoms with van der Waals surface area (Å²) in [5.41, 5.74) is 1.61. The first kappa shape index (κ1) is 31.8. The molecule has 4 aromatic rings. The molecule has 0 spiro atoms. The van der Waals surface area contributed by atoms with Gasteiger partial charge >= 0.3 is 17.9 Å². The lowest BCUT2D eigenvalue weighted by atomic mass is 9.97. The average Bonchev–Trinajstić information content (AvgIpc) is 2.99. The number of hydrogen-bond donors (Lipinski definition) is 2. The molecule has 11 nitrogen and oxygen atoms in total. The predicted molar refractivity (Wildman–Crippen MR) is 164 cm³/mol. The SMILES string of the molecule is CC(=O)Oc1ccc(CC(=O)c2cc(C(=O)Nc3ccc(OC(C)=O)cc3)cc(C(=O)Nc3ccc(OC(C)=O)cc3)c2)cc1. The molecule has 4 aromatic carbocycles. The van der Waals surface area contributed by atoms with Gasteiger partial charge in [0, 0.05) is 55.3 Å². The summed E-state index contributed by atoms with van der Waals surface area (Å²) in [6, 6.07) is 22.7. The Morgan fingerprint density at radius 3 is 1.18 bits per heavy atom. The molecule has 0 aliphatic rings. The van der Waals surface area contributed by atoms with E-state index in [9.17, 15) is 28.8 Å². The molecule has 4 rings (SSSR count). The van der Waals surface area contributed by atoms with E-state index in [1.54, 1.807) is 24.3 Å². The molecular formula is C34H28N2O9. The van der Waals surface area contributed by atoms with Gasteiger partial charge in [-0.15, -0.1) is 0 Å². The van der Waals surface area contributed by atoms with Crippen molar-refractivity contribution in [1.82, 2.24) is 0 Å². The zero-order valence-electron chi connectivity index (χ0n) is 24.5. The Bertz CT molecular complexity index is 1540. The highest BCUT2D eigenvalue weighted by Crippen LogP contribution is 2.21. The lowest BCUT2D eigenvalue weighted by Crippen LogP contribution is -2.18. The largest absolute Gasteiger partial charge is 0.427 e. The summed E-state index contributed by atoms with van der Waals surface area (Å²) >= 11 is 0. The third kappa shape index (κ3) is 9.45. The Morgan fingerprint density at radius 1 is 0.489 bits per heavy atom. The van der Waals surface area contributed by atoms with E-state index in [2.05, 4.69) is 10.6 Å². The Balaban J connectivity index is 1.59. The maximum Gasteiger partial charge on any atom is 0.308 e. The molecule has 0 aliphatic heterocycles. The summed E-state index contributed by atoms with van der Waals surface area (Å²) < 4.78 is 15.1. The number of ketones is 1. The summed E-state index contributed by atoms with van der Waals surface area (Å²) in [4.78, 5) is 73.5. The molecule has 0 fully saturated rings. The van der Waals surface area contributed by atoms with Gasteiger partial charge < -0.3 is 24.8 Å². The molecule has 228 valence electrons. The molecule has 45 heavy (non-hydrogen) atoms. The van der Waals surface area contributed by atoms with Crippen LogP contribution in [0.15, 0.2) is 91.0 Å². The van der Waals surface area contributed by atoms with Crippen molar-refractivity contribution in [2.24, 2.45) is 0 Å². The highest BCUT2D eigenvalue weighted by atomic mass is 16.5. The van der Waals surface area contributed by atoms with Gasteiger partial charge in [0.05, 0.1) is 0 Å². The van der Waals surface area contributed by atoms with Crippen LogP contribution in [-0.4, -0.2) is 35.5 Å². The van der Waals surface area contributed by atoms with E-state index in [-0.39, 0.29) is 28.9 Å². The summed E-state index contributed by atoms with van der Waals surface area (Å²) in [6.07, 6.45) is -0.0539. The summed E-state index contributed by atoms with van der Waals surface area (Å²) in [7, 11) is 0. The van der Waals surface area contributed by atoms with Crippen molar-refractivity contribution in [3.63, 3.8) is 0 Å². The quantitative estimate of drug-likeness (QED) is 0.137. The number of benzene rings is 4. The van der Waals surface area contributed by atoms with E-state index < -0.39 is 29.7 Å². The van der Waals surface area contributed by atoms with Crippen LogP contribution in [-0.2, 0) is 20.8 Å². The van der Waals surface area contributed by atoms with Crippen molar-refractivity contribution in [3.05, 3.63) is 113 Å². The van der Waals surface area contributed by atoms with Crippen LogP contribution in [0.1, 0.15) is 57.4 Å². The fourth-order valence-corrected chi connectivity index (χ4v) is 4.13. The minimum absolute atomic E-state index is 0.0467. The number of rotatable bonds is 10. The van der Waals surface area contributed by atoms with Gasteiger partial charge in [0.15, 0.2) is 5.78 Å². The van der Waals surface area contributed by atoms with Gasteiger partial charge in [-0.25, -0.2) is 0 Å². The number of anilines is 2. The zero-order chi connectivity index (χ0) is 32.5. The summed E-state index contributed by atoms with van der Waals surface area (Å²) in [6.45, 7) is 3.83. The van der Waals surface area contributed by atoms with Crippen LogP contribution in [0.3, 0.4) is 0 Å². The Morgan fingerprint density at radius 2 is 0.822 bits per heavy atom. The normalized spacial score (nSPS) is 10.3. The molecule has 0 unspecified atom stereocenters. The molecule has 0 aromatic heterocycles. The molecule has 2 N–H and O–H groups in total. The van der Waals surface area contributed by atoms with Gasteiger partial charge in [-0.3, -0.25) is 28.8 Å². The molecule has 0 atom stereocenters. The maximum absolute atomic E-state index is 13.4. The molecular weight excluding hydrogens is 580 g/mol. The van der Waals surface area contributed by atoms with Crippen molar-refractivity contribution >= 4 is 46.9 Å². The highest BCUT2D eigenvalue weighted by Gasteiger charge is 2.18. The van der Waals surface area contributed by atoms with Crippen molar-refractivity contribution in [3.8, 4) is 17.2 Å². The summed E-state index contributed by atoms with van der Waals surface area (Å²) in [5.74, 6) is -2.05. The lowest BCUT2D eigenvalue weighted by Gasteiger charge is -2.12. The monoisotopic (exact) mass is 608 g/mol. The first-order valence-electron chi connectivity index (χ1n) is 13.6. The molecule has 0 bridgehead atoms. The fraction of sp³-hybridized carbons (Fsp3) is 0.118. The average molecular weight is 609 g/mol. The van der Waals surface area contributed by atoms with Crippen LogP contribution in [0, 0.1) is 0 Å². The van der Waals surface area contributed by atoms with Gasteiger partial charge in [0.2, 0.25) is 0 Å². The van der Waals surface area contributed by atoms with Crippen LogP contribution < -0.4 is 24.8 Å². The standard InChI is InChI=1S/C34H28N2O9/c1-20(37)43-29-10-4-23(5-11-29)16-32(40)24-17-25(33(41)35-27-6-12-30(13-7-27)44-21(2)38)19-26(18-24)34(42)36-28-8-14-31(15-9-28)45-22(3)39/h4-15,17-19H,16H2,1-3H3,(H,35,41)(H,36,42). The molecule has 11 heteroatoms. The fourth-order valence-electron chi connectivity index (χ4n) is 4.13. The highest BCUT2D eigenvalue weighted by molar-refractivity contribution is 6.11. The molecule has 0 heterocycles. The van der Waals surface area contributed by atoms with Gasteiger partial charge in [0.1, 0.15) is 17.2 Å². The number of nitrogens with one attached hydrogen (secondary N) is 2. The van der Waals surface area contributed by atoms with Crippen molar-refractivity contribution < 1.29 is 43.0 Å².